The van der Waals surface area contributed by atoms with Gasteiger partial charge in [0.15, 0.2) is 11.5 Å². The zero-order chi connectivity index (χ0) is 19.3. The molecular formula is C20H30N2O4. The van der Waals surface area contributed by atoms with Crippen LogP contribution in [0.4, 0.5) is 0 Å². The van der Waals surface area contributed by atoms with Crippen LogP contribution in [0.1, 0.15) is 44.7 Å². The summed E-state index contributed by atoms with van der Waals surface area (Å²) in [7, 11) is 3.24. The fourth-order valence-electron chi connectivity index (χ4n) is 2.96. The van der Waals surface area contributed by atoms with Crippen LogP contribution >= 0.6 is 0 Å². The Kier molecular flexibility index (Phi) is 6.51. The molecule has 26 heavy (non-hydrogen) atoms. The molecule has 0 bridgehead atoms. The maximum Gasteiger partial charge on any atom is 0.225 e. The molecule has 0 spiro atoms. The van der Waals surface area contributed by atoms with Gasteiger partial charge in [-0.2, -0.15) is 0 Å². The third-order valence-corrected chi connectivity index (χ3v) is 4.60. The van der Waals surface area contributed by atoms with E-state index in [0.29, 0.717) is 38.2 Å². The smallest absolute Gasteiger partial charge is 0.225 e. The summed E-state index contributed by atoms with van der Waals surface area (Å²) in [5.41, 5.74) is 1.90. The minimum absolute atomic E-state index is 0.0119. The molecule has 1 heterocycles. The zero-order valence-electron chi connectivity index (χ0n) is 16.5. The van der Waals surface area contributed by atoms with E-state index in [4.69, 9.17) is 9.47 Å². The predicted molar refractivity (Wildman–Crippen MR) is 100 cm³/mol. The molecule has 1 aromatic rings. The highest BCUT2D eigenvalue weighted by atomic mass is 16.5. The van der Waals surface area contributed by atoms with E-state index >= 15 is 0 Å². The fourth-order valence-corrected chi connectivity index (χ4v) is 2.96. The van der Waals surface area contributed by atoms with Crippen LogP contribution in [0.5, 0.6) is 11.5 Å². The van der Waals surface area contributed by atoms with Crippen LogP contribution in [0.2, 0.25) is 0 Å². The van der Waals surface area contributed by atoms with Crippen LogP contribution < -0.4 is 14.8 Å². The molecule has 0 saturated heterocycles. The van der Waals surface area contributed by atoms with E-state index in [2.05, 4.69) is 5.32 Å². The van der Waals surface area contributed by atoms with E-state index in [9.17, 15) is 9.59 Å². The SMILES string of the molecule is COc1cc2c(cc1OC)CN(C(=O)CCCNC(=O)C(C)(C)C)CC2. The molecule has 0 fully saturated rings. The van der Waals surface area contributed by atoms with E-state index in [0.717, 1.165) is 17.7 Å². The van der Waals surface area contributed by atoms with E-state index < -0.39 is 5.41 Å². The zero-order valence-corrected chi connectivity index (χ0v) is 16.5. The lowest BCUT2D eigenvalue weighted by Crippen LogP contribution is -2.37. The normalized spacial score (nSPS) is 13.8. The predicted octanol–water partition coefficient (Wildman–Crippen LogP) is 2.53. The number of amides is 2. The van der Waals surface area contributed by atoms with Gasteiger partial charge in [-0.25, -0.2) is 0 Å². The van der Waals surface area contributed by atoms with Crippen LogP contribution in [-0.4, -0.2) is 44.0 Å². The number of carbonyl (C=O) groups is 2. The Balaban J connectivity index is 1.88. The third kappa shape index (κ3) is 4.90. The first-order valence-corrected chi connectivity index (χ1v) is 9.06. The average Bonchev–Trinajstić information content (AvgIpc) is 2.62. The number of methoxy groups -OCH3 is 2. The van der Waals surface area contributed by atoms with Crippen LogP contribution in [0.3, 0.4) is 0 Å². The quantitative estimate of drug-likeness (QED) is 0.790. The molecule has 0 saturated carbocycles. The number of rotatable bonds is 6. The van der Waals surface area contributed by atoms with Crippen LogP contribution in [0.15, 0.2) is 12.1 Å². The number of carbonyl (C=O) groups excluding carboxylic acids is 2. The molecule has 1 aliphatic heterocycles. The molecule has 144 valence electrons. The van der Waals surface area contributed by atoms with Crippen molar-refractivity contribution in [1.82, 2.24) is 10.2 Å². The lowest BCUT2D eigenvalue weighted by atomic mass is 9.96. The van der Waals surface area contributed by atoms with Crippen molar-refractivity contribution in [3.63, 3.8) is 0 Å². The number of nitrogens with zero attached hydrogens (tertiary/aromatic N) is 1. The second-order valence-electron chi connectivity index (χ2n) is 7.65. The maximum atomic E-state index is 12.5. The Morgan fingerprint density at radius 1 is 1.12 bits per heavy atom. The minimum atomic E-state index is -0.402. The summed E-state index contributed by atoms with van der Waals surface area (Å²) in [5.74, 6) is 1.54. The highest BCUT2D eigenvalue weighted by molar-refractivity contribution is 5.81. The van der Waals surface area contributed by atoms with Crippen molar-refractivity contribution >= 4 is 11.8 Å². The molecular weight excluding hydrogens is 332 g/mol. The van der Waals surface area contributed by atoms with Crippen LogP contribution in [0.25, 0.3) is 0 Å². The van der Waals surface area contributed by atoms with Crippen molar-refractivity contribution < 1.29 is 19.1 Å². The molecule has 1 aromatic carbocycles. The summed E-state index contributed by atoms with van der Waals surface area (Å²) in [6, 6.07) is 3.95. The average molecular weight is 362 g/mol. The topological polar surface area (TPSA) is 67.9 Å². The standard InChI is InChI=1S/C20H30N2O4/c1-20(2,3)19(24)21-9-6-7-18(23)22-10-8-14-11-16(25-4)17(26-5)12-15(14)13-22/h11-12H,6-10,13H2,1-5H3,(H,21,24). The van der Waals surface area contributed by atoms with Gasteiger partial charge in [-0.3, -0.25) is 9.59 Å². The van der Waals surface area contributed by atoms with Gasteiger partial charge in [-0.05, 0) is 36.1 Å². The van der Waals surface area contributed by atoms with Crippen molar-refractivity contribution in [2.45, 2.75) is 46.6 Å². The monoisotopic (exact) mass is 362 g/mol. The van der Waals surface area contributed by atoms with Crippen molar-refractivity contribution in [3.05, 3.63) is 23.3 Å². The number of hydrogen-bond donors (Lipinski definition) is 1. The maximum absolute atomic E-state index is 12.5. The van der Waals surface area contributed by atoms with Gasteiger partial charge in [0.25, 0.3) is 0 Å². The number of fused-ring (bicyclic) bond motifs is 1. The van der Waals surface area contributed by atoms with Crippen LogP contribution in [0, 0.1) is 5.41 Å². The molecule has 6 heteroatoms. The Morgan fingerprint density at radius 2 is 1.73 bits per heavy atom. The van der Waals surface area contributed by atoms with Gasteiger partial charge in [-0.15, -0.1) is 0 Å². The lowest BCUT2D eigenvalue weighted by Gasteiger charge is -2.29. The first-order valence-electron chi connectivity index (χ1n) is 9.06. The van der Waals surface area contributed by atoms with Gasteiger partial charge < -0.3 is 19.7 Å². The summed E-state index contributed by atoms with van der Waals surface area (Å²) in [6.07, 6.45) is 1.89. The Hall–Kier alpha value is -2.24. The van der Waals surface area contributed by atoms with Gasteiger partial charge in [0.2, 0.25) is 11.8 Å². The van der Waals surface area contributed by atoms with Gasteiger partial charge in [-0.1, -0.05) is 20.8 Å². The highest BCUT2D eigenvalue weighted by Gasteiger charge is 2.23. The first-order chi connectivity index (χ1) is 12.3. The second kappa shape index (κ2) is 8.43. The van der Waals surface area contributed by atoms with Gasteiger partial charge in [0, 0.05) is 31.5 Å². The number of ether oxygens (including phenoxy) is 2. The van der Waals surface area contributed by atoms with Crippen molar-refractivity contribution in [2.24, 2.45) is 5.41 Å². The summed E-state index contributed by atoms with van der Waals surface area (Å²) in [6.45, 7) is 7.45. The Bertz CT molecular complexity index is 665. The Labute approximate surface area is 155 Å². The molecule has 0 atom stereocenters. The van der Waals surface area contributed by atoms with E-state index in [-0.39, 0.29) is 11.8 Å². The van der Waals surface area contributed by atoms with Gasteiger partial charge in [0.05, 0.1) is 14.2 Å². The van der Waals surface area contributed by atoms with E-state index in [1.165, 1.54) is 5.56 Å². The fraction of sp³-hybridized carbons (Fsp3) is 0.600. The molecule has 1 N–H and O–H groups in total. The largest absolute Gasteiger partial charge is 0.493 e. The molecule has 2 amide bonds. The lowest BCUT2D eigenvalue weighted by molar-refractivity contribution is -0.133. The van der Waals surface area contributed by atoms with E-state index in [1.54, 1.807) is 14.2 Å². The summed E-state index contributed by atoms with van der Waals surface area (Å²) >= 11 is 0. The van der Waals surface area contributed by atoms with E-state index in [1.807, 2.05) is 37.8 Å². The van der Waals surface area contributed by atoms with Crippen molar-refractivity contribution in [1.29, 1.82) is 0 Å². The molecule has 0 unspecified atom stereocenters. The summed E-state index contributed by atoms with van der Waals surface area (Å²) in [4.78, 5) is 26.2. The molecule has 0 aromatic heterocycles. The van der Waals surface area contributed by atoms with Gasteiger partial charge >= 0.3 is 0 Å². The molecule has 2 rings (SSSR count). The second-order valence-corrected chi connectivity index (χ2v) is 7.65. The third-order valence-electron chi connectivity index (χ3n) is 4.60. The van der Waals surface area contributed by atoms with Gasteiger partial charge in [0.1, 0.15) is 0 Å². The molecule has 0 radical (unpaired) electrons. The van der Waals surface area contributed by atoms with Crippen LogP contribution in [-0.2, 0) is 22.6 Å². The molecule has 0 aliphatic carbocycles. The van der Waals surface area contributed by atoms with Crippen molar-refractivity contribution in [2.75, 3.05) is 27.3 Å². The number of benzene rings is 1. The summed E-state index contributed by atoms with van der Waals surface area (Å²) in [5, 5.41) is 2.88. The minimum Gasteiger partial charge on any atom is -0.493 e. The number of hydrogen-bond acceptors (Lipinski definition) is 4. The van der Waals surface area contributed by atoms with Crippen molar-refractivity contribution in [3.8, 4) is 11.5 Å². The Morgan fingerprint density at radius 3 is 2.31 bits per heavy atom. The molecule has 1 aliphatic rings. The molecule has 6 nitrogen and oxygen atoms in total. The number of nitrogens with one attached hydrogen (secondary N) is 1. The highest BCUT2D eigenvalue weighted by Crippen LogP contribution is 2.33. The summed E-state index contributed by atoms with van der Waals surface area (Å²) < 4.78 is 10.7. The first kappa shape index (κ1) is 20.1.